The number of benzene rings is 1. The van der Waals surface area contributed by atoms with Gasteiger partial charge in [0.05, 0.1) is 13.3 Å². The second-order valence-corrected chi connectivity index (χ2v) is 4.09. The van der Waals surface area contributed by atoms with Gasteiger partial charge in [0.1, 0.15) is 11.4 Å². The van der Waals surface area contributed by atoms with E-state index in [4.69, 9.17) is 4.74 Å². The van der Waals surface area contributed by atoms with Gasteiger partial charge < -0.3 is 10.1 Å². The van der Waals surface area contributed by atoms with Crippen LogP contribution in [0.2, 0.25) is 0 Å². The standard InChI is InChI=1S/C14H15N3O2/c1-10-3-4-13(19-2)11(7-10)8-17-14(18)12-9-15-5-6-16-12/h3-7,9H,8H2,1-2H3,(H,17,18). The van der Waals surface area contributed by atoms with Crippen molar-refractivity contribution in [3.05, 3.63) is 53.6 Å². The van der Waals surface area contributed by atoms with Crippen LogP contribution in [0.3, 0.4) is 0 Å². The minimum Gasteiger partial charge on any atom is -0.496 e. The molecule has 1 N–H and O–H groups in total. The highest BCUT2D eigenvalue weighted by atomic mass is 16.5. The number of nitrogens with zero attached hydrogens (tertiary/aromatic N) is 2. The molecule has 0 atom stereocenters. The number of carbonyl (C=O) groups excluding carboxylic acids is 1. The summed E-state index contributed by atoms with van der Waals surface area (Å²) < 4.78 is 5.26. The first kappa shape index (κ1) is 13.0. The van der Waals surface area contributed by atoms with Crippen molar-refractivity contribution < 1.29 is 9.53 Å². The Kier molecular flexibility index (Phi) is 4.07. The number of amides is 1. The third-order valence-electron chi connectivity index (χ3n) is 2.67. The zero-order chi connectivity index (χ0) is 13.7. The minimum atomic E-state index is -0.253. The predicted molar refractivity (Wildman–Crippen MR) is 70.9 cm³/mol. The Hall–Kier alpha value is -2.43. The summed E-state index contributed by atoms with van der Waals surface area (Å²) in [5.74, 6) is 0.502. The molecule has 19 heavy (non-hydrogen) atoms. The monoisotopic (exact) mass is 257 g/mol. The van der Waals surface area contributed by atoms with Gasteiger partial charge in [-0.05, 0) is 13.0 Å². The largest absolute Gasteiger partial charge is 0.496 e. The van der Waals surface area contributed by atoms with E-state index in [0.717, 1.165) is 16.9 Å². The summed E-state index contributed by atoms with van der Waals surface area (Å²) in [6, 6.07) is 5.84. The molecule has 0 aliphatic heterocycles. The van der Waals surface area contributed by atoms with Gasteiger partial charge in [-0.3, -0.25) is 9.78 Å². The molecule has 5 heteroatoms. The maximum Gasteiger partial charge on any atom is 0.271 e. The van der Waals surface area contributed by atoms with Gasteiger partial charge in [0.25, 0.3) is 5.91 Å². The van der Waals surface area contributed by atoms with Gasteiger partial charge in [-0.1, -0.05) is 17.7 Å². The number of methoxy groups -OCH3 is 1. The molecule has 0 spiro atoms. The summed E-state index contributed by atoms with van der Waals surface area (Å²) in [5.41, 5.74) is 2.35. The number of aryl methyl sites for hydroxylation is 1. The number of ether oxygens (including phenoxy) is 1. The molecule has 0 radical (unpaired) electrons. The zero-order valence-corrected chi connectivity index (χ0v) is 10.9. The van der Waals surface area contributed by atoms with E-state index in [9.17, 15) is 4.79 Å². The van der Waals surface area contributed by atoms with E-state index >= 15 is 0 Å². The van der Waals surface area contributed by atoms with Crippen molar-refractivity contribution >= 4 is 5.91 Å². The predicted octanol–water partition coefficient (Wildman–Crippen LogP) is 1.72. The van der Waals surface area contributed by atoms with E-state index in [1.807, 2.05) is 25.1 Å². The fourth-order valence-electron chi connectivity index (χ4n) is 1.73. The van der Waals surface area contributed by atoms with E-state index < -0.39 is 0 Å². The average molecular weight is 257 g/mol. The lowest BCUT2D eigenvalue weighted by molar-refractivity contribution is 0.0945. The van der Waals surface area contributed by atoms with Crippen molar-refractivity contribution in [2.75, 3.05) is 7.11 Å². The molecule has 0 aliphatic rings. The number of rotatable bonds is 4. The normalized spacial score (nSPS) is 10.0. The third kappa shape index (κ3) is 3.28. The highest BCUT2D eigenvalue weighted by Gasteiger charge is 2.08. The molecule has 5 nitrogen and oxygen atoms in total. The summed E-state index contributed by atoms with van der Waals surface area (Å²) >= 11 is 0. The smallest absolute Gasteiger partial charge is 0.271 e. The van der Waals surface area contributed by atoms with E-state index in [-0.39, 0.29) is 5.91 Å². The van der Waals surface area contributed by atoms with Gasteiger partial charge in [0.2, 0.25) is 0 Å². The first-order chi connectivity index (χ1) is 9.20. The lowest BCUT2D eigenvalue weighted by Crippen LogP contribution is -2.24. The fraction of sp³-hybridized carbons (Fsp3) is 0.214. The summed E-state index contributed by atoms with van der Waals surface area (Å²) in [6.07, 6.45) is 4.45. The van der Waals surface area contributed by atoms with Crippen LogP contribution in [0.5, 0.6) is 5.75 Å². The number of hydrogen-bond acceptors (Lipinski definition) is 4. The topological polar surface area (TPSA) is 64.1 Å². The summed E-state index contributed by atoms with van der Waals surface area (Å²) in [5, 5.41) is 2.80. The van der Waals surface area contributed by atoms with Gasteiger partial charge >= 0.3 is 0 Å². The third-order valence-corrected chi connectivity index (χ3v) is 2.67. The van der Waals surface area contributed by atoms with Crippen molar-refractivity contribution in [1.29, 1.82) is 0 Å². The molecule has 0 saturated heterocycles. The summed E-state index contributed by atoms with van der Waals surface area (Å²) in [4.78, 5) is 19.7. The molecule has 1 aromatic carbocycles. The first-order valence-corrected chi connectivity index (χ1v) is 5.88. The molecule has 0 aliphatic carbocycles. The molecule has 1 amide bonds. The molecule has 0 bridgehead atoms. The van der Waals surface area contributed by atoms with Crippen molar-refractivity contribution in [3.8, 4) is 5.75 Å². The van der Waals surface area contributed by atoms with Crippen molar-refractivity contribution in [1.82, 2.24) is 15.3 Å². The molecule has 1 heterocycles. The van der Waals surface area contributed by atoms with E-state index in [1.165, 1.54) is 18.6 Å². The molecular formula is C14H15N3O2. The second kappa shape index (κ2) is 5.95. The molecule has 0 fully saturated rings. The van der Waals surface area contributed by atoms with Crippen LogP contribution in [0.4, 0.5) is 0 Å². The van der Waals surface area contributed by atoms with Crippen LogP contribution in [0, 0.1) is 6.92 Å². The minimum absolute atomic E-state index is 0.253. The molecular weight excluding hydrogens is 242 g/mol. The Labute approximate surface area is 111 Å². The van der Waals surface area contributed by atoms with Crippen molar-refractivity contribution in [2.24, 2.45) is 0 Å². The fourth-order valence-corrected chi connectivity index (χ4v) is 1.73. The van der Waals surface area contributed by atoms with Gasteiger partial charge in [0, 0.05) is 24.5 Å². The van der Waals surface area contributed by atoms with Gasteiger partial charge in [-0.2, -0.15) is 0 Å². The van der Waals surface area contributed by atoms with Crippen LogP contribution < -0.4 is 10.1 Å². The Morgan fingerprint density at radius 1 is 1.37 bits per heavy atom. The Bertz CT molecular complexity index is 570. The summed E-state index contributed by atoms with van der Waals surface area (Å²) in [6.45, 7) is 2.38. The van der Waals surface area contributed by atoms with Gasteiger partial charge in [-0.25, -0.2) is 4.98 Å². The van der Waals surface area contributed by atoms with Crippen LogP contribution >= 0.6 is 0 Å². The number of carbonyl (C=O) groups is 1. The lowest BCUT2D eigenvalue weighted by Gasteiger charge is -2.10. The van der Waals surface area contributed by atoms with Crippen LogP contribution in [0.25, 0.3) is 0 Å². The highest BCUT2D eigenvalue weighted by Crippen LogP contribution is 2.19. The highest BCUT2D eigenvalue weighted by molar-refractivity contribution is 5.91. The average Bonchev–Trinajstić information content (AvgIpc) is 2.46. The molecule has 0 saturated carbocycles. The maximum atomic E-state index is 11.8. The molecule has 2 rings (SSSR count). The lowest BCUT2D eigenvalue weighted by atomic mass is 10.1. The van der Waals surface area contributed by atoms with E-state index in [2.05, 4.69) is 15.3 Å². The SMILES string of the molecule is COc1ccc(C)cc1CNC(=O)c1cnccn1. The number of hydrogen-bond donors (Lipinski definition) is 1. The Morgan fingerprint density at radius 2 is 2.21 bits per heavy atom. The van der Waals surface area contributed by atoms with Crippen LogP contribution in [0.1, 0.15) is 21.6 Å². The molecule has 98 valence electrons. The van der Waals surface area contributed by atoms with Crippen LogP contribution in [-0.4, -0.2) is 23.0 Å². The number of nitrogens with one attached hydrogen (secondary N) is 1. The van der Waals surface area contributed by atoms with Crippen LogP contribution in [0.15, 0.2) is 36.8 Å². The number of aromatic nitrogens is 2. The van der Waals surface area contributed by atoms with Gasteiger partial charge in [-0.15, -0.1) is 0 Å². The van der Waals surface area contributed by atoms with E-state index in [1.54, 1.807) is 7.11 Å². The zero-order valence-electron chi connectivity index (χ0n) is 10.9. The second-order valence-electron chi connectivity index (χ2n) is 4.09. The molecule has 1 aromatic heterocycles. The Morgan fingerprint density at radius 3 is 2.89 bits per heavy atom. The maximum absolute atomic E-state index is 11.8. The quantitative estimate of drug-likeness (QED) is 0.905. The first-order valence-electron chi connectivity index (χ1n) is 5.88. The van der Waals surface area contributed by atoms with Crippen LogP contribution in [-0.2, 0) is 6.54 Å². The van der Waals surface area contributed by atoms with Crippen molar-refractivity contribution in [3.63, 3.8) is 0 Å². The molecule has 0 unspecified atom stereocenters. The van der Waals surface area contributed by atoms with E-state index in [0.29, 0.717) is 12.2 Å². The Balaban J connectivity index is 2.07. The summed E-state index contributed by atoms with van der Waals surface area (Å²) in [7, 11) is 1.61. The van der Waals surface area contributed by atoms with Crippen molar-refractivity contribution in [2.45, 2.75) is 13.5 Å². The molecule has 2 aromatic rings. The van der Waals surface area contributed by atoms with Gasteiger partial charge in [0.15, 0.2) is 0 Å².